The number of carbonyl (C=O) groups is 2. The molecule has 3 aromatic rings. The highest BCUT2D eigenvalue weighted by Gasteiger charge is 2.31. The van der Waals surface area contributed by atoms with Crippen molar-refractivity contribution in [3.05, 3.63) is 89.2 Å². The number of nitrogens with one attached hydrogen (secondary N) is 4. The lowest BCUT2D eigenvalue weighted by Crippen LogP contribution is -2.50. The summed E-state index contributed by atoms with van der Waals surface area (Å²) in [5.74, 6) is -0.812. The third-order valence-electron chi connectivity index (χ3n) is 7.24. The molecule has 2 amide bonds. The van der Waals surface area contributed by atoms with Gasteiger partial charge in [0, 0.05) is 12.6 Å². The summed E-state index contributed by atoms with van der Waals surface area (Å²) in [6.07, 6.45) is 2.82. The van der Waals surface area contributed by atoms with E-state index in [2.05, 4.69) is 26.3 Å². The first-order chi connectivity index (χ1) is 19.9. The molecule has 1 aliphatic carbocycles. The van der Waals surface area contributed by atoms with Gasteiger partial charge >= 0.3 is 6.09 Å². The van der Waals surface area contributed by atoms with Gasteiger partial charge in [-0.3, -0.25) is 4.79 Å². The summed E-state index contributed by atoms with van der Waals surface area (Å²) in [5, 5.41) is 12.4. The Bertz CT molecular complexity index is 1360. The standard InChI is InChI=1S/C33H42FN5O3/c1-32(2,3)42-31(41)37-27-19-13-12-18-26(27)36-29-25(34)20-24(28(38-29)35-21-22-14-8-6-9-15-22)30(40)39-33(4,5)23-16-10-7-11-17-23/h6-11,14-17,20,26-27H,12-13,18-19,21H2,1-5H3,(H,37,41)(H,39,40)(H2,35,36,38)/t26-,27+/m0/s1. The van der Waals surface area contributed by atoms with E-state index in [9.17, 15) is 9.59 Å². The van der Waals surface area contributed by atoms with Crippen molar-refractivity contribution in [3.8, 4) is 0 Å². The Kier molecular flexibility index (Phi) is 9.70. The maximum Gasteiger partial charge on any atom is 0.407 e. The fourth-order valence-corrected chi connectivity index (χ4v) is 5.07. The molecule has 1 fully saturated rings. The van der Waals surface area contributed by atoms with E-state index in [-0.39, 0.29) is 29.3 Å². The number of halogens is 1. The molecule has 0 saturated heterocycles. The second-order valence-electron chi connectivity index (χ2n) is 12.3. The molecular formula is C33H42FN5O3. The Hall–Kier alpha value is -4.14. The number of aromatic nitrogens is 1. The molecule has 0 bridgehead atoms. The summed E-state index contributed by atoms with van der Waals surface area (Å²) < 4.78 is 21.1. The summed E-state index contributed by atoms with van der Waals surface area (Å²) in [4.78, 5) is 30.6. The zero-order chi connectivity index (χ0) is 30.3. The van der Waals surface area contributed by atoms with Crippen molar-refractivity contribution < 1.29 is 18.7 Å². The Labute approximate surface area is 247 Å². The molecule has 0 spiro atoms. The van der Waals surface area contributed by atoms with Crippen molar-refractivity contribution in [3.63, 3.8) is 0 Å². The topological polar surface area (TPSA) is 104 Å². The molecule has 9 heteroatoms. The molecule has 224 valence electrons. The molecule has 4 N–H and O–H groups in total. The number of pyridine rings is 1. The Balaban J connectivity index is 1.59. The normalized spacial score (nSPS) is 17.2. The van der Waals surface area contributed by atoms with E-state index in [0.717, 1.165) is 36.8 Å². The third kappa shape index (κ3) is 8.44. The monoisotopic (exact) mass is 575 g/mol. The van der Waals surface area contributed by atoms with Crippen LogP contribution in [0.15, 0.2) is 66.7 Å². The first-order valence-electron chi connectivity index (χ1n) is 14.5. The number of alkyl carbamates (subject to hydrolysis) is 1. The smallest absolute Gasteiger partial charge is 0.407 e. The van der Waals surface area contributed by atoms with Crippen LogP contribution in [0.5, 0.6) is 0 Å². The average Bonchev–Trinajstić information content (AvgIpc) is 2.94. The number of nitrogens with zero attached hydrogens (tertiary/aromatic N) is 1. The van der Waals surface area contributed by atoms with Gasteiger partial charge in [0.15, 0.2) is 11.6 Å². The van der Waals surface area contributed by atoms with E-state index in [1.807, 2.05) is 95.3 Å². The predicted octanol–water partition coefficient (Wildman–Crippen LogP) is 6.75. The van der Waals surface area contributed by atoms with E-state index in [0.29, 0.717) is 6.54 Å². The highest BCUT2D eigenvalue weighted by atomic mass is 19.1. The SMILES string of the molecule is CC(C)(C)OC(=O)N[C@@H]1CCCC[C@@H]1Nc1nc(NCc2ccccc2)c(C(=O)NC(C)(C)c2ccccc2)cc1F. The van der Waals surface area contributed by atoms with Crippen molar-refractivity contribution >= 4 is 23.6 Å². The summed E-state index contributed by atoms with van der Waals surface area (Å²) in [6.45, 7) is 9.63. The highest BCUT2D eigenvalue weighted by molar-refractivity contribution is 5.99. The van der Waals surface area contributed by atoms with Gasteiger partial charge in [0.05, 0.1) is 17.1 Å². The van der Waals surface area contributed by atoms with E-state index in [1.54, 1.807) is 0 Å². The fourth-order valence-electron chi connectivity index (χ4n) is 5.07. The number of benzene rings is 2. The van der Waals surface area contributed by atoms with Gasteiger partial charge in [-0.15, -0.1) is 0 Å². The van der Waals surface area contributed by atoms with Crippen LogP contribution in [-0.2, 0) is 16.8 Å². The minimum Gasteiger partial charge on any atom is -0.444 e. The van der Waals surface area contributed by atoms with Crippen molar-refractivity contribution in [1.82, 2.24) is 15.6 Å². The lowest BCUT2D eigenvalue weighted by Gasteiger charge is -2.34. The predicted molar refractivity (Wildman–Crippen MR) is 164 cm³/mol. The first-order valence-corrected chi connectivity index (χ1v) is 14.5. The molecule has 1 saturated carbocycles. The van der Waals surface area contributed by atoms with Crippen LogP contribution in [0, 0.1) is 5.82 Å². The molecular weight excluding hydrogens is 533 g/mol. The van der Waals surface area contributed by atoms with Gasteiger partial charge in [-0.2, -0.15) is 0 Å². The zero-order valence-electron chi connectivity index (χ0n) is 25.1. The van der Waals surface area contributed by atoms with Gasteiger partial charge in [0.1, 0.15) is 11.4 Å². The van der Waals surface area contributed by atoms with Gasteiger partial charge in [0.25, 0.3) is 5.91 Å². The van der Waals surface area contributed by atoms with Gasteiger partial charge in [0.2, 0.25) is 0 Å². The number of carbonyl (C=O) groups excluding carboxylic acids is 2. The second kappa shape index (κ2) is 13.2. The molecule has 1 aromatic heterocycles. The average molecular weight is 576 g/mol. The molecule has 0 aliphatic heterocycles. The van der Waals surface area contributed by atoms with Crippen molar-refractivity contribution in [2.45, 2.75) is 90.1 Å². The van der Waals surface area contributed by atoms with Crippen molar-refractivity contribution in [2.75, 3.05) is 10.6 Å². The van der Waals surface area contributed by atoms with Crippen LogP contribution in [0.25, 0.3) is 0 Å². The summed E-state index contributed by atoms with van der Waals surface area (Å²) >= 11 is 0. The van der Waals surface area contributed by atoms with Crippen LogP contribution >= 0.6 is 0 Å². The molecule has 0 unspecified atom stereocenters. The van der Waals surface area contributed by atoms with Crippen LogP contribution in [0.1, 0.15) is 81.8 Å². The van der Waals surface area contributed by atoms with Crippen molar-refractivity contribution in [2.24, 2.45) is 0 Å². The summed E-state index contributed by atoms with van der Waals surface area (Å²) in [5.41, 5.74) is 0.684. The van der Waals surface area contributed by atoms with Gasteiger partial charge in [-0.05, 0) is 64.7 Å². The van der Waals surface area contributed by atoms with E-state index < -0.39 is 29.0 Å². The van der Waals surface area contributed by atoms with Gasteiger partial charge in [-0.1, -0.05) is 73.5 Å². The maximum absolute atomic E-state index is 15.6. The first kappa shape index (κ1) is 30.8. The van der Waals surface area contributed by atoms with Gasteiger partial charge < -0.3 is 26.0 Å². The highest BCUT2D eigenvalue weighted by Crippen LogP contribution is 2.28. The lowest BCUT2D eigenvalue weighted by atomic mass is 9.90. The molecule has 4 rings (SSSR count). The quantitative estimate of drug-likeness (QED) is 0.225. The number of hydrogen-bond donors (Lipinski definition) is 4. The Morgan fingerprint density at radius 2 is 1.52 bits per heavy atom. The second-order valence-corrected chi connectivity index (χ2v) is 12.3. The molecule has 2 aromatic carbocycles. The third-order valence-corrected chi connectivity index (χ3v) is 7.24. The molecule has 42 heavy (non-hydrogen) atoms. The number of hydrogen-bond acceptors (Lipinski definition) is 6. The molecule has 1 aliphatic rings. The van der Waals surface area contributed by atoms with E-state index >= 15 is 4.39 Å². The van der Waals surface area contributed by atoms with Crippen LogP contribution in [0.2, 0.25) is 0 Å². The Morgan fingerprint density at radius 1 is 0.905 bits per heavy atom. The van der Waals surface area contributed by atoms with Crippen LogP contribution in [0.3, 0.4) is 0 Å². The molecule has 8 nitrogen and oxygen atoms in total. The largest absolute Gasteiger partial charge is 0.444 e. The van der Waals surface area contributed by atoms with Crippen molar-refractivity contribution in [1.29, 1.82) is 0 Å². The van der Waals surface area contributed by atoms with Crippen LogP contribution < -0.4 is 21.3 Å². The number of amides is 2. The minimum atomic E-state index is -0.703. The van der Waals surface area contributed by atoms with Crippen LogP contribution in [-0.4, -0.2) is 34.7 Å². The van der Waals surface area contributed by atoms with Crippen LogP contribution in [0.4, 0.5) is 20.8 Å². The minimum absolute atomic E-state index is 0.0207. The van der Waals surface area contributed by atoms with Gasteiger partial charge in [-0.25, -0.2) is 14.2 Å². The Morgan fingerprint density at radius 3 is 2.17 bits per heavy atom. The summed E-state index contributed by atoms with van der Waals surface area (Å²) in [7, 11) is 0. The number of anilines is 2. The maximum atomic E-state index is 15.6. The van der Waals surface area contributed by atoms with E-state index in [1.165, 1.54) is 6.07 Å². The molecule has 0 radical (unpaired) electrons. The molecule has 1 heterocycles. The number of ether oxygens (including phenoxy) is 1. The zero-order valence-corrected chi connectivity index (χ0v) is 25.1. The summed E-state index contributed by atoms with van der Waals surface area (Å²) in [6, 6.07) is 20.0. The fraction of sp³-hybridized carbons (Fsp3) is 0.424. The lowest BCUT2D eigenvalue weighted by molar-refractivity contribution is 0.0488. The van der Waals surface area contributed by atoms with E-state index in [4.69, 9.17) is 4.74 Å². The number of rotatable bonds is 9. The molecule has 2 atom stereocenters.